The van der Waals surface area contributed by atoms with E-state index in [1.807, 2.05) is 87.0 Å². The zero-order valence-corrected chi connectivity index (χ0v) is 33.7. The summed E-state index contributed by atoms with van der Waals surface area (Å²) in [5.74, 6) is 0.927. The fourth-order valence-corrected chi connectivity index (χ4v) is 10.5. The van der Waals surface area contributed by atoms with Crippen molar-refractivity contribution in [3.05, 3.63) is 118 Å². The summed E-state index contributed by atoms with van der Waals surface area (Å²) < 4.78 is 77.6. The Bertz CT molecular complexity index is 2080. The van der Waals surface area contributed by atoms with Crippen LogP contribution in [0.15, 0.2) is 95.9 Å². The first-order valence-corrected chi connectivity index (χ1v) is 20.1. The van der Waals surface area contributed by atoms with Crippen LogP contribution in [0.5, 0.6) is 11.5 Å². The number of nitriles is 1. The van der Waals surface area contributed by atoms with Crippen LogP contribution in [0.25, 0.3) is 0 Å². The van der Waals surface area contributed by atoms with Crippen LogP contribution < -0.4 is 20.8 Å². The maximum atomic E-state index is 18.1. The van der Waals surface area contributed by atoms with Gasteiger partial charge in [-0.05, 0) is 68.7 Å². The van der Waals surface area contributed by atoms with Gasteiger partial charge in [0.25, 0.3) is 14.1 Å². The summed E-state index contributed by atoms with van der Waals surface area (Å²) in [6.07, 6.45) is -4.12. The number of alkyl halides is 2. The Balaban J connectivity index is 1.43. The third-order valence-corrected chi connectivity index (χ3v) is 13.4. The van der Waals surface area contributed by atoms with Crippen LogP contribution in [0, 0.1) is 11.3 Å². The van der Waals surface area contributed by atoms with Gasteiger partial charge in [-0.1, -0.05) is 54.6 Å². The van der Waals surface area contributed by atoms with E-state index in [0.29, 0.717) is 28.2 Å². The lowest BCUT2D eigenvalue weighted by molar-refractivity contribution is -0.166. The highest BCUT2D eigenvalue weighted by Crippen LogP contribution is 2.76. The number of rotatable bonds is 16. The van der Waals surface area contributed by atoms with Gasteiger partial charge in [0.05, 0.1) is 33.3 Å². The van der Waals surface area contributed by atoms with Crippen LogP contribution in [-0.4, -0.2) is 76.3 Å². The molecule has 15 heteroatoms. The average Bonchev–Trinajstić information content (AvgIpc) is 3.58. The fraction of sp³-hybridized carbons (Fsp3) is 0.452. The number of halogens is 2. The first kappa shape index (κ1) is 40.7. The Morgan fingerprint density at radius 1 is 0.965 bits per heavy atom. The molecule has 2 heterocycles. The first-order valence-electron chi connectivity index (χ1n) is 18.9. The number of anilines is 1. The van der Waals surface area contributed by atoms with Crippen molar-refractivity contribution in [1.82, 2.24) is 14.2 Å². The fourth-order valence-electron chi connectivity index (χ4n) is 8.62. The van der Waals surface area contributed by atoms with Crippen LogP contribution >= 0.6 is 8.53 Å². The number of nitrogen functional groups attached to an aromatic ring is 1. The molecule has 0 radical (unpaired) electrons. The second-order valence-corrected chi connectivity index (χ2v) is 16.6. The lowest BCUT2D eigenvalue weighted by atomic mass is 9.79. The molecule has 1 saturated heterocycles. The number of ether oxygens (including phenoxy) is 4. The highest BCUT2D eigenvalue weighted by molar-refractivity contribution is 7.44. The van der Waals surface area contributed by atoms with E-state index in [0.717, 1.165) is 6.07 Å². The maximum absolute atomic E-state index is 18.1. The van der Waals surface area contributed by atoms with Gasteiger partial charge < -0.3 is 33.7 Å². The van der Waals surface area contributed by atoms with Gasteiger partial charge in [-0.3, -0.25) is 9.36 Å². The van der Waals surface area contributed by atoms with Gasteiger partial charge in [0.2, 0.25) is 5.95 Å². The van der Waals surface area contributed by atoms with E-state index < -0.39 is 61.5 Å². The Kier molecular flexibility index (Phi) is 11.2. The minimum absolute atomic E-state index is 0.00514. The molecule has 302 valence electrons. The van der Waals surface area contributed by atoms with E-state index >= 15 is 8.78 Å². The van der Waals surface area contributed by atoms with Crippen molar-refractivity contribution in [2.45, 2.75) is 100 Å². The number of nitrogens with two attached hydrogens (primary N) is 1. The Morgan fingerprint density at radius 3 is 2.07 bits per heavy atom. The van der Waals surface area contributed by atoms with Crippen LogP contribution in [0.2, 0.25) is 0 Å². The molecule has 1 aliphatic heterocycles. The number of hydrogen-bond acceptors (Lipinski definition) is 11. The Labute approximate surface area is 332 Å². The molecule has 4 aromatic rings. The number of benzene rings is 3. The Hall–Kier alpha value is -4.48. The van der Waals surface area contributed by atoms with Crippen LogP contribution in [0.1, 0.15) is 69.9 Å². The van der Waals surface area contributed by atoms with Gasteiger partial charge in [-0.15, -0.1) is 0 Å². The van der Waals surface area contributed by atoms with Crippen molar-refractivity contribution >= 4 is 14.5 Å². The van der Waals surface area contributed by atoms with Crippen molar-refractivity contribution in [2.75, 3.05) is 26.6 Å². The molecule has 7 atom stereocenters. The Morgan fingerprint density at radius 2 is 1.54 bits per heavy atom. The second-order valence-electron chi connectivity index (χ2n) is 15.2. The molecule has 2 N–H and O–H groups in total. The topological polar surface area (TPSA) is 143 Å². The summed E-state index contributed by atoms with van der Waals surface area (Å²) in [5.41, 5.74) is 0.176. The molecule has 1 aromatic heterocycles. The third-order valence-electron chi connectivity index (χ3n) is 11.2. The van der Waals surface area contributed by atoms with Crippen molar-refractivity contribution in [1.29, 1.82) is 5.26 Å². The molecule has 0 bridgehead atoms. The van der Waals surface area contributed by atoms with E-state index in [4.69, 9.17) is 33.7 Å². The molecule has 0 spiro atoms. The average molecular weight is 804 g/mol. The van der Waals surface area contributed by atoms with Gasteiger partial charge in [0, 0.05) is 37.2 Å². The minimum Gasteiger partial charge on any atom is -0.497 e. The molecule has 3 fully saturated rings. The predicted octanol–water partition coefficient (Wildman–Crippen LogP) is 7.37. The number of aromatic nitrogens is 2. The molecular weight excluding hydrogens is 755 g/mol. The zero-order chi connectivity index (χ0) is 40.8. The van der Waals surface area contributed by atoms with Gasteiger partial charge in [-0.2, -0.15) is 10.2 Å². The normalized spacial score (nSPS) is 26.9. The molecule has 0 amide bonds. The SMILES string of the molecule is COc1ccc(C(O[C@]23C[C@@]2(F)C[C@]2(OP(OCCC#N)N(C(C)C)C(C)C)[C@H](F)[C@H](n4ccc(=O)nc4N)O[C@@H]23)(c2ccccc2)c2ccc(OC)cc2)cc1. The molecule has 57 heavy (non-hydrogen) atoms. The summed E-state index contributed by atoms with van der Waals surface area (Å²) in [5, 5.41) is 9.39. The van der Waals surface area contributed by atoms with Crippen LogP contribution in [-0.2, 0) is 24.1 Å². The summed E-state index contributed by atoms with van der Waals surface area (Å²) in [7, 11) is 1.04. The number of hydrogen-bond donors (Lipinski definition) is 1. The standard InChI is InChI=1S/C42H48F2N5O7P/c1-27(2)49(28(3)4)57(53-24-10-22-45)56-40-25-39(44)26-41(39,37(40)54-36(35(40)43)48-23-21-34(50)47-38(48)46)55-42(29-11-8-7-9-12-29,30-13-17-32(51-5)18-14-30)31-15-19-33(52-6)20-16-31/h7-9,11-21,23,27-28,35-37H,10,24-26H2,1-6H3,(H2,46,47,50)/t35-,36-,37+,39+,40+,41+,57?/m1/s1. The van der Waals surface area contributed by atoms with Gasteiger partial charge in [0.1, 0.15) is 40.1 Å². The van der Waals surface area contributed by atoms with Gasteiger partial charge in [0.15, 0.2) is 12.4 Å². The summed E-state index contributed by atoms with van der Waals surface area (Å²) in [4.78, 5) is 16.0. The molecule has 7 rings (SSSR count). The molecule has 2 aliphatic carbocycles. The predicted molar refractivity (Wildman–Crippen MR) is 210 cm³/mol. The first-order chi connectivity index (χ1) is 27.3. The molecule has 12 nitrogen and oxygen atoms in total. The van der Waals surface area contributed by atoms with Crippen molar-refractivity contribution < 1.29 is 36.8 Å². The highest BCUT2D eigenvalue weighted by Gasteiger charge is 2.91. The number of nitrogens with zero attached hydrogens (tertiary/aromatic N) is 4. The van der Waals surface area contributed by atoms with Crippen molar-refractivity contribution in [3.8, 4) is 17.6 Å². The largest absolute Gasteiger partial charge is 0.497 e. The molecule has 1 unspecified atom stereocenters. The second kappa shape index (κ2) is 15.7. The van der Waals surface area contributed by atoms with E-state index in [-0.39, 0.29) is 37.5 Å². The molecule has 3 aliphatic rings. The summed E-state index contributed by atoms with van der Waals surface area (Å²) >= 11 is 0. The monoisotopic (exact) mass is 803 g/mol. The molecule has 3 aromatic carbocycles. The quantitative estimate of drug-likeness (QED) is 0.0689. The van der Waals surface area contributed by atoms with Crippen LogP contribution in [0.3, 0.4) is 0 Å². The van der Waals surface area contributed by atoms with Crippen molar-refractivity contribution in [3.63, 3.8) is 0 Å². The molecular formula is C42H48F2N5O7P. The lowest BCUT2D eigenvalue weighted by Gasteiger charge is -2.43. The van der Waals surface area contributed by atoms with E-state index in [9.17, 15) is 10.1 Å². The van der Waals surface area contributed by atoms with E-state index in [1.54, 1.807) is 38.5 Å². The highest BCUT2D eigenvalue weighted by atomic mass is 31.2. The van der Waals surface area contributed by atoms with Gasteiger partial charge >= 0.3 is 0 Å². The van der Waals surface area contributed by atoms with E-state index in [1.165, 1.54) is 10.8 Å². The molecule has 2 saturated carbocycles. The lowest BCUT2D eigenvalue weighted by Crippen LogP contribution is -2.52. The smallest absolute Gasteiger partial charge is 0.274 e. The van der Waals surface area contributed by atoms with Gasteiger partial charge in [-0.25, -0.2) is 13.5 Å². The minimum atomic E-state index is -2.13. The maximum Gasteiger partial charge on any atom is 0.274 e. The number of fused-ring (bicyclic) bond motifs is 3. The third kappa shape index (κ3) is 6.88. The van der Waals surface area contributed by atoms with Crippen molar-refractivity contribution in [2.24, 2.45) is 0 Å². The zero-order valence-electron chi connectivity index (χ0n) is 32.8. The summed E-state index contributed by atoms with van der Waals surface area (Å²) in [6, 6.07) is 27.1. The number of methoxy groups -OCH3 is 2. The summed E-state index contributed by atoms with van der Waals surface area (Å²) in [6.45, 7) is 7.84. The van der Waals surface area contributed by atoms with E-state index in [2.05, 4.69) is 11.1 Å². The van der Waals surface area contributed by atoms with Crippen LogP contribution in [0.4, 0.5) is 14.7 Å².